The van der Waals surface area contributed by atoms with E-state index in [0.717, 1.165) is 0 Å². The van der Waals surface area contributed by atoms with Gasteiger partial charge in [-0.1, -0.05) is 23.2 Å². The minimum absolute atomic E-state index is 0.310. The Labute approximate surface area is 114 Å². The number of anilines is 1. The fourth-order valence-electron chi connectivity index (χ4n) is 1.34. The van der Waals surface area contributed by atoms with Crippen molar-refractivity contribution in [2.24, 2.45) is 0 Å². The van der Waals surface area contributed by atoms with Crippen molar-refractivity contribution in [3.05, 3.63) is 52.4 Å². The summed E-state index contributed by atoms with van der Waals surface area (Å²) in [5, 5.41) is 6.16. The molecule has 0 atom stereocenters. The average Bonchev–Trinajstić information content (AvgIpc) is 2.83. The number of amides is 2. The predicted molar refractivity (Wildman–Crippen MR) is 71.0 cm³/mol. The molecule has 1 aromatic carbocycles. The Bertz CT molecular complexity index is 541. The summed E-state index contributed by atoms with van der Waals surface area (Å²) in [4.78, 5) is 11.6. The molecule has 0 unspecified atom stereocenters. The number of hydrogen-bond donors (Lipinski definition) is 2. The Morgan fingerprint density at radius 2 is 2.11 bits per heavy atom. The van der Waals surface area contributed by atoms with Gasteiger partial charge in [0.05, 0.1) is 23.5 Å². The van der Waals surface area contributed by atoms with Crippen molar-refractivity contribution < 1.29 is 9.21 Å². The highest BCUT2D eigenvalue weighted by molar-refractivity contribution is 6.36. The Kier molecular flexibility index (Phi) is 4.12. The number of furan rings is 1. The minimum Gasteiger partial charge on any atom is -0.467 e. The smallest absolute Gasteiger partial charge is 0.319 e. The SMILES string of the molecule is O=C(NCc1ccco1)Nc1ccc(Cl)cc1Cl. The van der Waals surface area contributed by atoms with E-state index in [1.165, 1.54) is 0 Å². The van der Waals surface area contributed by atoms with Crippen molar-refractivity contribution in [1.29, 1.82) is 0 Å². The summed E-state index contributed by atoms with van der Waals surface area (Å²) in [5.74, 6) is 0.673. The van der Waals surface area contributed by atoms with Gasteiger partial charge in [0.2, 0.25) is 0 Å². The second kappa shape index (κ2) is 5.80. The Balaban J connectivity index is 1.91. The molecule has 2 N–H and O–H groups in total. The van der Waals surface area contributed by atoms with Crippen molar-refractivity contribution in [3.8, 4) is 0 Å². The Morgan fingerprint density at radius 3 is 2.78 bits per heavy atom. The lowest BCUT2D eigenvalue weighted by Gasteiger charge is -2.08. The molecule has 1 heterocycles. The summed E-state index contributed by atoms with van der Waals surface area (Å²) < 4.78 is 5.09. The number of rotatable bonds is 3. The fourth-order valence-corrected chi connectivity index (χ4v) is 1.79. The Morgan fingerprint density at radius 1 is 1.28 bits per heavy atom. The molecule has 0 aliphatic carbocycles. The predicted octanol–water partition coefficient (Wildman–Crippen LogP) is 3.91. The van der Waals surface area contributed by atoms with Gasteiger partial charge in [0.1, 0.15) is 5.76 Å². The highest BCUT2D eigenvalue weighted by Gasteiger charge is 2.06. The minimum atomic E-state index is -0.365. The molecular weight excluding hydrogens is 275 g/mol. The molecule has 0 bridgehead atoms. The van der Waals surface area contributed by atoms with Crippen LogP contribution in [0, 0.1) is 0 Å². The first-order valence-corrected chi connectivity index (χ1v) is 5.93. The van der Waals surface area contributed by atoms with Gasteiger partial charge in [-0.15, -0.1) is 0 Å². The van der Waals surface area contributed by atoms with Gasteiger partial charge in [0.25, 0.3) is 0 Å². The second-order valence-corrected chi connectivity index (χ2v) is 4.35. The maximum Gasteiger partial charge on any atom is 0.319 e. The van der Waals surface area contributed by atoms with Crippen molar-refractivity contribution in [1.82, 2.24) is 5.32 Å². The van der Waals surface area contributed by atoms with E-state index < -0.39 is 0 Å². The van der Waals surface area contributed by atoms with Crippen LogP contribution in [0.25, 0.3) is 0 Å². The molecular formula is C12H10Cl2N2O2. The molecule has 2 amide bonds. The third kappa shape index (κ3) is 3.42. The van der Waals surface area contributed by atoms with Gasteiger partial charge < -0.3 is 15.1 Å². The van der Waals surface area contributed by atoms with Gasteiger partial charge in [0.15, 0.2) is 0 Å². The molecule has 0 saturated carbocycles. The third-order valence-corrected chi connectivity index (χ3v) is 2.73. The topological polar surface area (TPSA) is 54.3 Å². The number of benzene rings is 1. The maximum absolute atomic E-state index is 11.6. The quantitative estimate of drug-likeness (QED) is 0.898. The summed E-state index contributed by atoms with van der Waals surface area (Å²) in [5.41, 5.74) is 0.498. The van der Waals surface area contributed by atoms with Gasteiger partial charge in [-0.25, -0.2) is 4.79 Å². The maximum atomic E-state index is 11.6. The van der Waals surface area contributed by atoms with Crippen LogP contribution in [-0.2, 0) is 6.54 Å². The van der Waals surface area contributed by atoms with Gasteiger partial charge >= 0.3 is 6.03 Å². The molecule has 0 saturated heterocycles. The molecule has 0 fully saturated rings. The fraction of sp³-hybridized carbons (Fsp3) is 0.0833. The monoisotopic (exact) mass is 284 g/mol. The van der Waals surface area contributed by atoms with Crippen LogP contribution in [0.15, 0.2) is 41.0 Å². The average molecular weight is 285 g/mol. The number of carbonyl (C=O) groups excluding carboxylic acids is 1. The van der Waals surface area contributed by atoms with Crippen molar-refractivity contribution in [2.75, 3.05) is 5.32 Å². The molecule has 6 heteroatoms. The Hall–Kier alpha value is -1.65. The van der Waals surface area contributed by atoms with E-state index in [4.69, 9.17) is 27.6 Å². The van der Waals surface area contributed by atoms with Crippen LogP contribution in [0.5, 0.6) is 0 Å². The van der Waals surface area contributed by atoms with Crippen LogP contribution in [-0.4, -0.2) is 6.03 Å². The first kappa shape index (κ1) is 12.8. The first-order valence-electron chi connectivity index (χ1n) is 5.17. The molecule has 0 aliphatic heterocycles. The molecule has 0 radical (unpaired) electrons. The zero-order chi connectivity index (χ0) is 13.0. The number of nitrogens with one attached hydrogen (secondary N) is 2. The molecule has 94 valence electrons. The third-order valence-electron chi connectivity index (χ3n) is 2.18. The van der Waals surface area contributed by atoms with Gasteiger partial charge in [-0.2, -0.15) is 0 Å². The van der Waals surface area contributed by atoms with Crippen LogP contribution in [0.3, 0.4) is 0 Å². The molecule has 18 heavy (non-hydrogen) atoms. The van der Waals surface area contributed by atoms with E-state index >= 15 is 0 Å². The zero-order valence-corrected chi connectivity index (χ0v) is 10.8. The second-order valence-electron chi connectivity index (χ2n) is 3.51. The highest BCUT2D eigenvalue weighted by Crippen LogP contribution is 2.25. The van der Waals surface area contributed by atoms with E-state index in [0.29, 0.717) is 28.0 Å². The van der Waals surface area contributed by atoms with E-state index in [2.05, 4.69) is 10.6 Å². The van der Waals surface area contributed by atoms with E-state index in [9.17, 15) is 4.79 Å². The lowest BCUT2D eigenvalue weighted by Crippen LogP contribution is -2.28. The van der Waals surface area contributed by atoms with Crippen LogP contribution in [0.2, 0.25) is 10.0 Å². The molecule has 2 aromatic rings. The largest absolute Gasteiger partial charge is 0.467 e. The van der Waals surface area contributed by atoms with Gasteiger partial charge in [-0.3, -0.25) is 0 Å². The molecule has 0 aliphatic rings. The van der Waals surface area contributed by atoms with E-state index in [1.54, 1.807) is 36.6 Å². The number of hydrogen-bond acceptors (Lipinski definition) is 2. The summed E-state index contributed by atoms with van der Waals surface area (Å²) >= 11 is 11.7. The standard InChI is InChI=1S/C12H10Cl2N2O2/c13-8-3-4-11(10(14)6-8)16-12(17)15-7-9-2-1-5-18-9/h1-6H,7H2,(H2,15,16,17). The van der Waals surface area contributed by atoms with Crippen molar-refractivity contribution >= 4 is 34.9 Å². The summed E-state index contributed by atoms with van der Waals surface area (Å²) in [6, 6.07) is 8.01. The molecule has 4 nitrogen and oxygen atoms in total. The van der Waals surface area contributed by atoms with E-state index in [-0.39, 0.29) is 6.03 Å². The number of carbonyl (C=O) groups is 1. The lowest BCUT2D eigenvalue weighted by atomic mass is 10.3. The van der Waals surface area contributed by atoms with Crippen LogP contribution < -0.4 is 10.6 Å². The zero-order valence-electron chi connectivity index (χ0n) is 9.24. The van der Waals surface area contributed by atoms with Crippen LogP contribution >= 0.6 is 23.2 Å². The first-order chi connectivity index (χ1) is 8.65. The summed E-state index contributed by atoms with van der Waals surface area (Å²) in [6.45, 7) is 0.310. The van der Waals surface area contributed by atoms with Gasteiger partial charge in [0, 0.05) is 5.02 Å². The van der Waals surface area contributed by atoms with Crippen molar-refractivity contribution in [2.45, 2.75) is 6.54 Å². The van der Waals surface area contributed by atoms with Crippen LogP contribution in [0.4, 0.5) is 10.5 Å². The summed E-state index contributed by atoms with van der Waals surface area (Å²) in [6.07, 6.45) is 1.55. The normalized spacial score (nSPS) is 10.1. The number of urea groups is 1. The van der Waals surface area contributed by atoms with E-state index in [1.807, 2.05) is 0 Å². The van der Waals surface area contributed by atoms with Crippen molar-refractivity contribution in [3.63, 3.8) is 0 Å². The number of halogens is 2. The lowest BCUT2D eigenvalue weighted by molar-refractivity contribution is 0.251. The van der Waals surface area contributed by atoms with Crippen LogP contribution in [0.1, 0.15) is 5.76 Å². The van der Waals surface area contributed by atoms with Gasteiger partial charge in [-0.05, 0) is 30.3 Å². The molecule has 2 rings (SSSR count). The highest BCUT2D eigenvalue weighted by atomic mass is 35.5. The molecule has 1 aromatic heterocycles. The summed E-state index contributed by atoms with van der Waals surface area (Å²) in [7, 11) is 0. The molecule has 0 spiro atoms.